The normalized spacial score (nSPS) is 18.1. The molecule has 0 spiro atoms. The largest absolute Gasteiger partial charge is 0.0616 e. The zero-order valence-electron chi connectivity index (χ0n) is 10.3. The zero-order chi connectivity index (χ0) is 11.5. The van der Waals surface area contributed by atoms with Crippen LogP contribution < -0.4 is 0 Å². The van der Waals surface area contributed by atoms with Gasteiger partial charge in [-0.2, -0.15) is 0 Å². The third-order valence-electron chi connectivity index (χ3n) is 3.88. The summed E-state index contributed by atoms with van der Waals surface area (Å²) in [5.41, 5.74) is 1.50. The van der Waals surface area contributed by atoms with Crippen molar-refractivity contribution in [3.8, 4) is 0 Å². The number of benzene rings is 2. The molecule has 0 aliphatic heterocycles. The lowest BCUT2D eigenvalue weighted by molar-refractivity contribution is 0.702. The highest BCUT2D eigenvalue weighted by atomic mass is 14.2. The first-order chi connectivity index (χ1) is 8.45. The van der Waals surface area contributed by atoms with Gasteiger partial charge in [-0.15, -0.1) is 0 Å². The summed E-state index contributed by atoms with van der Waals surface area (Å²) in [7, 11) is 0. The van der Waals surface area contributed by atoms with Crippen molar-refractivity contribution in [3.05, 3.63) is 53.9 Å². The Morgan fingerprint density at radius 3 is 2.18 bits per heavy atom. The quantitative estimate of drug-likeness (QED) is 0.589. The maximum absolute atomic E-state index is 2.31. The molecule has 0 unspecified atom stereocenters. The van der Waals surface area contributed by atoms with Gasteiger partial charge in [0, 0.05) is 5.92 Å². The lowest BCUT2D eigenvalue weighted by Crippen LogP contribution is -1.99. The summed E-state index contributed by atoms with van der Waals surface area (Å²) in [6.07, 6.45) is 8.17. The van der Waals surface area contributed by atoms with Crippen molar-refractivity contribution >= 4 is 10.8 Å². The van der Waals surface area contributed by atoms with Crippen LogP contribution in [0, 0.1) is 5.92 Å². The first-order valence-corrected chi connectivity index (χ1v) is 6.78. The predicted octanol–water partition coefficient (Wildman–Crippen LogP) is 5.12. The average molecular weight is 223 g/mol. The maximum atomic E-state index is 2.31. The van der Waals surface area contributed by atoms with Crippen LogP contribution in [0.2, 0.25) is 0 Å². The topological polar surface area (TPSA) is 0 Å². The lowest BCUT2D eigenvalue weighted by Gasteiger charge is -2.16. The van der Waals surface area contributed by atoms with Crippen molar-refractivity contribution < 1.29 is 0 Å². The third kappa shape index (κ3) is 2.22. The van der Waals surface area contributed by atoms with Crippen LogP contribution in [0.5, 0.6) is 0 Å². The summed E-state index contributed by atoms with van der Waals surface area (Å²) in [6, 6.07) is 15.5. The summed E-state index contributed by atoms with van der Waals surface area (Å²) < 4.78 is 0. The molecule has 0 N–H and O–H groups in total. The smallest absolute Gasteiger partial charge is 0.00561 e. The highest BCUT2D eigenvalue weighted by Gasteiger charge is 2.16. The minimum atomic E-state index is 1.30. The molecule has 0 amide bonds. The van der Waals surface area contributed by atoms with Crippen LogP contribution in [0.1, 0.15) is 44.1 Å². The Labute approximate surface area is 104 Å². The van der Waals surface area contributed by atoms with Crippen LogP contribution in [0.15, 0.2) is 42.5 Å². The summed E-state index contributed by atoms with van der Waals surface area (Å²) in [5.74, 6) is 1.68. The summed E-state index contributed by atoms with van der Waals surface area (Å²) in [5, 5.41) is 2.81. The standard InChI is InChI=1S/C17H19/c1-2-4-9-14(8-3-1)17-13-7-11-15-10-5-6-12-16(15)17/h5-7,10-13H,1-4,8-9H2. The van der Waals surface area contributed by atoms with Crippen LogP contribution in [-0.4, -0.2) is 0 Å². The van der Waals surface area contributed by atoms with Crippen molar-refractivity contribution in [2.45, 2.75) is 38.5 Å². The second-order valence-corrected chi connectivity index (χ2v) is 5.04. The van der Waals surface area contributed by atoms with Crippen molar-refractivity contribution in [2.75, 3.05) is 0 Å². The van der Waals surface area contributed by atoms with Gasteiger partial charge in [-0.25, -0.2) is 0 Å². The molecular formula is C17H19. The predicted molar refractivity (Wildman–Crippen MR) is 74.0 cm³/mol. The van der Waals surface area contributed by atoms with E-state index in [-0.39, 0.29) is 0 Å². The van der Waals surface area contributed by atoms with Crippen molar-refractivity contribution in [1.82, 2.24) is 0 Å². The molecule has 1 saturated carbocycles. The Morgan fingerprint density at radius 2 is 1.35 bits per heavy atom. The summed E-state index contributed by atoms with van der Waals surface area (Å²) in [4.78, 5) is 0. The highest BCUT2D eigenvalue weighted by Crippen LogP contribution is 2.34. The molecule has 87 valence electrons. The minimum Gasteiger partial charge on any atom is -0.0616 e. The molecule has 0 bridgehead atoms. The molecule has 1 fully saturated rings. The van der Waals surface area contributed by atoms with Crippen LogP contribution in [-0.2, 0) is 0 Å². The number of fused-ring (bicyclic) bond motifs is 1. The SMILES string of the molecule is c1ccc2c([C]3CCCCCC3)cccc2c1. The van der Waals surface area contributed by atoms with Crippen molar-refractivity contribution in [2.24, 2.45) is 0 Å². The highest BCUT2D eigenvalue weighted by molar-refractivity contribution is 5.87. The molecule has 2 aromatic rings. The van der Waals surface area contributed by atoms with Gasteiger partial charge in [-0.3, -0.25) is 0 Å². The van der Waals surface area contributed by atoms with Gasteiger partial charge in [0.25, 0.3) is 0 Å². The van der Waals surface area contributed by atoms with E-state index in [1.807, 2.05) is 0 Å². The fourth-order valence-electron chi connectivity index (χ4n) is 2.96. The van der Waals surface area contributed by atoms with Crippen molar-refractivity contribution in [1.29, 1.82) is 0 Å². The fraction of sp³-hybridized carbons (Fsp3) is 0.353. The molecule has 2 aromatic carbocycles. The monoisotopic (exact) mass is 223 g/mol. The molecular weight excluding hydrogens is 204 g/mol. The molecule has 1 aliphatic rings. The van der Waals surface area contributed by atoms with Gasteiger partial charge in [0.05, 0.1) is 0 Å². The molecule has 0 heteroatoms. The van der Waals surface area contributed by atoms with E-state index in [1.165, 1.54) is 54.9 Å². The maximum Gasteiger partial charge on any atom is 0.00561 e. The Bertz CT molecular complexity index is 485. The minimum absolute atomic E-state index is 1.30. The number of rotatable bonds is 1. The van der Waals surface area contributed by atoms with Gasteiger partial charge in [-0.1, -0.05) is 68.1 Å². The summed E-state index contributed by atoms with van der Waals surface area (Å²) in [6.45, 7) is 0. The Morgan fingerprint density at radius 1 is 0.647 bits per heavy atom. The molecule has 3 rings (SSSR count). The van der Waals surface area contributed by atoms with Crippen LogP contribution >= 0.6 is 0 Å². The molecule has 17 heavy (non-hydrogen) atoms. The van der Waals surface area contributed by atoms with Crippen LogP contribution in [0.3, 0.4) is 0 Å². The third-order valence-corrected chi connectivity index (χ3v) is 3.88. The first-order valence-electron chi connectivity index (χ1n) is 6.78. The van der Waals surface area contributed by atoms with Gasteiger partial charge >= 0.3 is 0 Å². The van der Waals surface area contributed by atoms with E-state index in [9.17, 15) is 0 Å². The molecule has 0 saturated heterocycles. The molecule has 0 aromatic heterocycles. The Balaban J connectivity index is 2.03. The number of hydrogen-bond acceptors (Lipinski definition) is 0. The summed E-state index contributed by atoms with van der Waals surface area (Å²) >= 11 is 0. The van der Waals surface area contributed by atoms with Gasteiger partial charge in [0.15, 0.2) is 0 Å². The van der Waals surface area contributed by atoms with Gasteiger partial charge in [-0.05, 0) is 29.2 Å². The average Bonchev–Trinajstić information content (AvgIpc) is 2.67. The van der Waals surface area contributed by atoms with Crippen LogP contribution in [0.25, 0.3) is 10.8 Å². The second-order valence-electron chi connectivity index (χ2n) is 5.04. The lowest BCUT2D eigenvalue weighted by atomic mass is 9.88. The molecule has 0 nitrogen and oxygen atoms in total. The zero-order valence-corrected chi connectivity index (χ0v) is 10.3. The Hall–Kier alpha value is -1.30. The van der Waals surface area contributed by atoms with Gasteiger partial charge in [0.1, 0.15) is 0 Å². The van der Waals surface area contributed by atoms with E-state index in [2.05, 4.69) is 42.5 Å². The number of hydrogen-bond donors (Lipinski definition) is 0. The van der Waals surface area contributed by atoms with E-state index >= 15 is 0 Å². The first kappa shape index (κ1) is 10.8. The van der Waals surface area contributed by atoms with Crippen LogP contribution in [0.4, 0.5) is 0 Å². The van der Waals surface area contributed by atoms with Crippen molar-refractivity contribution in [3.63, 3.8) is 0 Å². The van der Waals surface area contributed by atoms with E-state index in [4.69, 9.17) is 0 Å². The second kappa shape index (κ2) is 4.91. The molecule has 0 atom stereocenters. The van der Waals surface area contributed by atoms with E-state index in [0.717, 1.165) is 0 Å². The fourth-order valence-corrected chi connectivity index (χ4v) is 2.96. The molecule has 1 radical (unpaired) electrons. The van der Waals surface area contributed by atoms with E-state index in [0.29, 0.717) is 0 Å². The van der Waals surface area contributed by atoms with Gasteiger partial charge < -0.3 is 0 Å². The van der Waals surface area contributed by atoms with E-state index < -0.39 is 0 Å². The Kier molecular flexibility index (Phi) is 3.13. The van der Waals surface area contributed by atoms with E-state index in [1.54, 1.807) is 5.92 Å². The molecule has 0 heterocycles. The molecule has 1 aliphatic carbocycles. The van der Waals surface area contributed by atoms with Gasteiger partial charge in [0.2, 0.25) is 0 Å².